The van der Waals surface area contributed by atoms with Crippen molar-refractivity contribution in [1.82, 2.24) is 29.6 Å². The zero-order valence-electron chi connectivity index (χ0n) is 20.5. The monoisotopic (exact) mass is 487 g/mol. The second-order valence-corrected chi connectivity index (χ2v) is 9.64. The van der Waals surface area contributed by atoms with E-state index in [0.29, 0.717) is 56.3 Å². The molecule has 10 heteroatoms. The lowest BCUT2D eigenvalue weighted by molar-refractivity contribution is 0.0675. The highest BCUT2D eigenvalue weighted by Gasteiger charge is 2.26. The predicted molar refractivity (Wildman–Crippen MR) is 137 cm³/mol. The first-order chi connectivity index (χ1) is 17.5. The Labute approximate surface area is 207 Å². The van der Waals surface area contributed by atoms with E-state index in [2.05, 4.69) is 25.0 Å². The Morgan fingerprint density at radius 2 is 1.86 bits per heavy atom. The number of hydrogen-bond acceptors (Lipinski definition) is 7. The highest BCUT2D eigenvalue weighted by Crippen LogP contribution is 2.30. The molecular formula is C26H29N7O3. The standard InChI is InChI=1S/C26H29N7O3/c1-16-13-22-20(23-21(24(34)30-22)15-28-33(23)18-4-11-36-12-5-18)14-19(16)25(35)31-7-9-32(10-8-31)26-27-6-3-17(2)29-26/h3,6,13-15,18H,4-5,7-12H2,1-2H3,(H,30,34). The molecule has 0 saturated carbocycles. The number of ether oxygens (including phenoxy) is 1. The lowest BCUT2D eigenvalue weighted by Gasteiger charge is -2.35. The van der Waals surface area contributed by atoms with Gasteiger partial charge < -0.3 is 19.5 Å². The number of amides is 1. The van der Waals surface area contributed by atoms with E-state index in [1.54, 1.807) is 12.4 Å². The van der Waals surface area contributed by atoms with Gasteiger partial charge in [0, 0.05) is 62.2 Å². The Morgan fingerprint density at radius 3 is 2.61 bits per heavy atom. The summed E-state index contributed by atoms with van der Waals surface area (Å²) in [5, 5.41) is 5.97. The lowest BCUT2D eigenvalue weighted by Crippen LogP contribution is -2.49. The number of nitrogens with zero attached hydrogens (tertiary/aromatic N) is 6. The fraction of sp³-hybridized carbons (Fsp3) is 0.423. The smallest absolute Gasteiger partial charge is 0.259 e. The Hall–Kier alpha value is -3.79. The van der Waals surface area contributed by atoms with Crippen molar-refractivity contribution in [2.75, 3.05) is 44.3 Å². The molecule has 0 aliphatic carbocycles. The molecule has 1 N–H and O–H groups in total. The first kappa shape index (κ1) is 22.7. The van der Waals surface area contributed by atoms with Gasteiger partial charge in [0.15, 0.2) is 0 Å². The highest BCUT2D eigenvalue weighted by molar-refractivity contribution is 6.07. The number of pyridine rings is 1. The molecular weight excluding hydrogens is 458 g/mol. The van der Waals surface area contributed by atoms with Gasteiger partial charge in [-0.3, -0.25) is 14.3 Å². The van der Waals surface area contributed by atoms with Gasteiger partial charge in [-0.2, -0.15) is 5.10 Å². The third-order valence-electron chi connectivity index (χ3n) is 7.31. The number of piperazine rings is 1. The van der Waals surface area contributed by atoms with E-state index in [1.807, 2.05) is 41.6 Å². The molecule has 0 unspecified atom stereocenters. The quantitative estimate of drug-likeness (QED) is 0.473. The lowest BCUT2D eigenvalue weighted by atomic mass is 10.0. The molecule has 186 valence electrons. The van der Waals surface area contributed by atoms with Gasteiger partial charge in [0.25, 0.3) is 11.5 Å². The van der Waals surface area contributed by atoms with Gasteiger partial charge in [0.1, 0.15) is 0 Å². The number of carbonyl (C=O) groups excluding carboxylic acids is 1. The molecule has 0 spiro atoms. The fourth-order valence-corrected chi connectivity index (χ4v) is 5.30. The summed E-state index contributed by atoms with van der Waals surface area (Å²) in [6.07, 6.45) is 5.09. The van der Waals surface area contributed by atoms with Crippen LogP contribution in [-0.2, 0) is 4.74 Å². The molecule has 0 radical (unpaired) electrons. The van der Waals surface area contributed by atoms with Crippen LogP contribution in [-0.4, -0.2) is 74.9 Å². The number of aryl methyl sites for hydroxylation is 2. The van der Waals surface area contributed by atoms with Crippen molar-refractivity contribution in [3.63, 3.8) is 0 Å². The minimum atomic E-state index is -0.163. The van der Waals surface area contributed by atoms with Crippen molar-refractivity contribution in [2.24, 2.45) is 0 Å². The normalized spacial score (nSPS) is 17.3. The number of H-pyrrole nitrogens is 1. The van der Waals surface area contributed by atoms with Crippen LogP contribution in [0, 0.1) is 13.8 Å². The number of rotatable bonds is 3. The summed E-state index contributed by atoms with van der Waals surface area (Å²) in [6, 6.07) is 5.88. The van der Waals surface area contributed by atoms with Gasteiger partial charge in [-0.1, -0.05) is 0 Å². The fourth-order valence-electron chi connectivity index (χ4n) is 5.30. The molecule has 1 aromatic carbocycles. The molecule has 2 aliphatic rings. The first-order valence-electron chi connectivity index (χ1n) is 12.4. The van der Waals surface area contributed by atoms with Gasteiger partial charge in [0.2, 0.25) is 5.95 Å². The van der Waals surface area contributed by atoms with Gasteiger partial charge >= 0.3 is 0 Å². The van der Waals surface area contributed by atoms with Crippen LogP contribution in [0.3, 0.4) is 0 Å². The largest absolute Gasteiger partial charge is 0.381 e. The van der Waals surface area contributed by atoms with Crippen LogP contribution in [0.5, 0.6) is 0 Å². The van der Waals surface area contributed by atoms with Gasteiger partial charge in [0.05, 0.1) is 28.7 Å². The van der Waals surface area contributed by atoms with Crippen LogP contribution in [0.4, 0.5) is 5.95 Å². The van der Waals surface area contributed by atoms with Gasteiger partial charge in [-0.15, -0.1) is 0 Å². The van der Waals surface area contributed by atoms with E-state index in [0.717, 1.165) is 40.5 Å². The number of hydrogen-bond donors (Lipinski definition) is 1. The summed E-state index contributed by atoms with van der Waals surface area (Å²) in [5.41, 5.74) is 3.76. The summed E-state index contributed by atoms with van der Waals surface area (Å²) in [7, 11) is 0. The molecule has 5 heterocycles. The molecule has 1 amide bonds. The van der Waals surface area contributed by atoms with E-state index < -0.39 is 0 Å². The first-order valence-corrected chi connectivity index (χ1v) is 12.4. The average Bonchev–Trinajstić information content (AvgIpc) is 3.35. The van der Waals surface area contributed by atoms with Crippen LogP contribution in [0.1, 0.15) is 40.5 Å². The van der Waals surface area contributed by atoms with Crippen molar-refractivity contribution in [1.29, 1.82) is 0 Å². The molecule has 10 nitrogen and oxygen atoms in total. The Morgan fingerprint density at radius 1 is 1.08 bits per heavy atom. The molecule has 3 aromatic heterocycles. The van der Waals surface area contributed by atoms with Crippen LogP contribution >= 0.6 is 0 Å². The van der Waals surface area contributed by atoms with E-state index in [4.69, 9.17) is 4.74 Å². The maximum atomic E-state index is 13.7. The minimum Gasteiger partial charge on any atom is -0.381 e. The third-order valence-corrected chi connectivity index (χ3v) is 7.31. The van der Waals surface area contributed by atoms with E-state index in [-0.39, 0.29) is 17.5 Å². The Balaban J connectivity index is 1.34. The van der Waals surface area contributed by atoms with E-state index in [9.17, 15) is 9.59 Å². The van der Waals surface area contributed by atoms with Gasteiger partial charge in [-0.25, -0.2) is 9.97 Å². The molecule has 2 fully saturated rings. The number of aromatic nitrogens is 5. The molecule has 2 saturated heterocycles. The molecule has 0 atom stereocenters. The van der Waals surface area contributed by atoms with Crippen molar-refractivity contribution < 1.29 is 9.53 Å². The van der Waals surface area contributed by atoms with Crippen LogP contribution in [0.15, 0.2) is 35.4 Å². The van der Waals surface area contributed by atoms with Crippen LogP contribution < -0.4 is 10.5 Å². The third kappa shape index (κ3) is 3.91. The van der Waals surface area contributed by atoms with Crippen molar-refractivity contribution in [3.05, 3.63) is 57.8 Å². The van der Waals surface area contributed by atoms with Crippen LogP contribution in [0.25, 0.3) is 21.8 Å². The number of fused-ring (bicyclic) bond motifs is 3. The zero-order valence-corrected chi connectivity index (χ0v) is 20.5. The van der Waals surface area contributed by atoms with Crippen molar-refractivity contribution >= 4 is 33.7 Å². The number of benzene rings is 1. The van der Waals surface area contributed by atoms with Gasteiger partial charge in [-0.05, 0) is 50.5 Å². The molecule has 36 heavy (non-hydrogen) atoms. The summed E-state index contributed by atoms with van der Waals surface area (Å²) in [6.45, 7) is 7.76. The number of aromatic amines is 1. The maximum Gasteiger partial charge on any atom is 0.259 e. The number of carbonyl (C=O) groups is 1. The Kier molecular flexibility index (Phi) is 5.67. The molecule has 4 aromatic rings. The molecule has 6 rings (SSSR count). The molecule has 0 bridgehead atoms. The number of anilines is 1. The summed E-state index contributed by atoms with van der Waals surface area (Å²) in [4.78, 5) is 42.4. The average molecular weight is 488 g/mol. The topological polar surface area (TPSA) is 109 Å². The van der Waals surface area contributed by atoms with Crippen molar-refractivity contribution in [2.45, 2.75) is 32.7 Å². The minimum absolute atomic E-state index is 0.00399. The maximum absolute atomic E-state index is 13.7. The zero-order chi connectivity index (χ0) is 24.8. The highest BCUT2D eigenvalue weighted by atomic mass is 16.5. The SMILES string of the molecule is Cc1ccnc(N2CCN(C(=O)c3cc4c(cc3C)[nH]c(=O)c3cnn(C5CCOCC5)c34)CC2)n1. The number of nitrogens with one attached hydrogen (secondary N) is 1. The van der Waals surface area contributed by atoms with Crippen LogP contribution in [0.2, 0.25) is 0 Å². The summed E-state index contributed by atoms with van der Waals surface area (Å²) >= 11 is 0. The van der Waals surface area contributed by atoms with Crippen molar-refractivity contribution in [3.8, 4) is 0 Å². The predicted octanol–water partition coefficient (Wildman–Crippen LogP) is 2.60. The summed E-state index contributed by atoms with van der Waals surface area (Å²) in [5.74, 6) is 0.701. The Bertz CT molecular complexity index is 1510. The molecule has 2 aliphatic heterocycles. The summed E-state index contributed by atoms with van der Waals surface area (Å²) < 4.78 is 7.48. The van der Waals surface area contributed by atoms with E-state index >= 15 is 0 Å². The second kappa shape index (κ2) is 9.02. The second-order valence-electron chi connectivity index (χ2n) is 9.64. The van der Waals surface area contributed by atoms with E-state index in [1.165, 1.54) is 0 Å².